The maximum absolute atomic E-state index is 13.6. The predicted molar refractivity (Wildman–Crippen MR) is 126 cm³/mol. The number of aromatic nitrogens is 1. The van der Waals surface area contributed by atoms with E-state index < -0.39 is 27.7 Å². The van der Waals surface area contributed by atoms with E-state index in [-0.39, 0.29) is 21.8 Å². The number of ether oxygens (including phenoxy) is 1. The summed E-state index contributed by atoms with van der Waals surface area (Å²) < 4.78 is 45.0. The number of carbonyl (C=O) groups is 1. The van der Waals surface area contributed by atoms with E-state index in [4.69, 9.17) is 14.8 Å². The molecule has 1 unspecified atom stereocenters. The highest BCUT2D eigenvalue weighted by molar-refractivity contribution is 7.90. The Labute approximate surface area is 196 Å². The van der Waals surface area contributed by atoms with Gasteiger partial charge in [-0.05, 0) is 42.3 Å². The number of anilines is 1. The average molecular weight is 480 g/mol. The van der Waals surface area contributed by atoms with Crippen LogP contribution in [-0.2, 0) is 23.4 Å². The summed E-state index contributed by atoms with van der Waals surface area (Å²) in [6.45, 7) is 0. The van der Waals surface area contributed by atoms with Crippen molar-refractivity contribution in [2.75, 3.05) is 12.4 Å². The number of rotatable bonds is 5. The molecule has 1 aliphatic heterocycles. The summed E-state index contributed by atoms with van der Waals surface area (Å²) in [6.07, 6.45) is 5.46. The molecule has 34 heavy (non-hydrogen) atoms. The third kappa shape index (κ3) is 4.57. The van der Waals surface area contributed by atoms with E-state index in [1.54, 1.807) is 32.4 Å². The van der Waals surface area contributed by atoms with Gasteiger partial charge in [-0.2, -0.15) is 5.26 Å². The van der Waals surface area contributed by atoms with Crippen molar-refractivity contribution in [2.45, 2.75) is 17.4 Å². The summed E-state index contributed by atoms with van der Waals surface area (Å²) in [5.74, 6) is -0.490. The summed E-state index contributed by atoms with van der Waals surface area (Å²) in [6, 6.07) is 12.5. The minimum atomic E-state index is -3.42. The van der Waals surface area contributed by atoms with Crippen LogP contribution in [0.2, 0.25) is 0 Å². The Morgan fingerprint density at radius 1 is 1.32 bits per heavy atom. The zero-order valence-corrected chi connectivity index (χ0v) is 19.3. The Morgan fingerprint density at radius 2 is 2.06 bits per heavy atom. The average Bonchev–Trinajstić information content (AvgIpc) is 3.10. The lowest BCUT2D eigenvalue weighted by atomic mass is 10.0. The highest BCUT2D eigenvalue weighted by Crippen LogP contribution is 2.28. The first-order valence-electron chi connectivity index (χ1n) is 10.3. The first-order valence-corrected chi connectivity index (χ1v) is 11.8. The number of hydrogen-bond acceptors (Lipinski definition) is 5. The molecule has 3 aromatic rings. The second kappa shape index (κ2) is 9.13. The summed E-state index contributed by atoms with van der Waals surface area (Å²) in [5, 5.41) is 11.7. The molecule has 1 aliphatic rings. The summed E-state index contributed by atoms with van der Waals surface area (Å²) in [4.78, 5) is 13.3. The van der Waals surface area contributed by atoms with Crippen LogP contribution in [0.4, 0.5) is 10.1 Å². The number of nitrogens with zero attached hydrogens (tertiary/aromatic N) is 2. The molecule has 0 saturated heterocycles. The third-order valence-corrected chi connectivity index (χ3v) is 7.06. The maximum Gasteiger partial charge on any atom is 0.272 e. The second-order valence-corrected chi connectivity index (χ2v) is 9.61. The van der Waals surface area contributed by atoms with Gasteiger partial charge in [0.1, 0.15) is 33.2 Å². The molecule has 0 spiro atoms. The third-order valence-electron chi connectivity index (χ3n) is 5.48. The van der Waals surface area contributed by atoms with Gasteiger partial charge in [0.2, 0.25) is 0 Å². The van der Waals surface area contributed by atoms with Gasteiger partial charge in [0.15, 0.2) is 0 Å². The lowest BCUT2D eigenvalue weighted by Gasteiger charge is -2.15. The first kappa shape index (κ1) is 23.2. The van der Waals surface area contributed by atoms with Crippen molar-refractivity contribution in [1.29, 1.82) is 10.0 Å². The van der Waals surface area contributed by atoms with Crippen molar-refractivity contribution in [1.82, 2.24) is 9.29 Å². The number of nitrogens with one attached hydrogen (secondary N) is 3. The number of halogens is 1. The molecule has 0 radical (unpaired) electrons. The van der Waals surface area contributed by atoms with Gasteiger partial charge in [-0.25, -0.2) is 18.1 Å². The van der Waals surface area contributed by atoms with Crippen LogP contribution >= 0.6 is 0 Å². The largest absolute Gasteiger partial charge is 0.497 e. The van der Waals surface area contributed by atoms with Gasteiger partial charge in [-0.1, -0.05) is 24.3 Å². The molecule has 2 atom stereocenters. The van der Waals surface area contributed by atoms with Gasteiger partial charge in [-0.15, -0.1) is 0 Å². The van der Waals surface area contributed by atoms with Crippen LogP contribution in [0.1, 0.15) is 27.2 Å². The number of hydrogen-bond donors (Lipinski definition) is 3. The Balaban J connectivity index is 1.64. The van der Waals surface area contributed by atoms with Crippen molar-refractivity contribution in [3.8, 4) is 11.8 Å². The van der Waals surface area contributed by atoms with Gasteiger partial charge in [-0.3, -0.25) is 4.79 Å². The lowest BCUT2D eigenvalue weighted by molar-refractivity contribution is 0.101. The van der Waals surface area contributed by atoms with Crippen molar-refractivity contribution >= 4 is 27.6 Å². The number of methoxy groups -OCH3 is 1. The Kier molecular flexibility index (Phi) is 6.24. The van der Waals surface area contributed by atoms with E-state index in [9.17, 15) is 13.4 Å². The number of benzene rings is 2. The molecule has 3 N–H and O–H groups in total. The molecule has 1 aromatic heterocycles. The molecule has 4 rings (SSSR count). The van der Waals surface area contributed by atoms with Gasteiger partial charge >= 0.3 is 0 Å². The normalized spacial score (nSPS) is 19.1. The Hall–Kier alpha value is -3.94. The molecule has 2 heterocycles. The molecule has 2 aromatic carbocycles. The predicted octanol–water partition coefficient (Wildman–Crippen LogP) is 3.85. The highest BCUT2D eigenvalue weighted by Gasteiger charge is 2.28. The van der Waals surface area contributed by atoms with E-state index >= 15 is 0 Å². The maximum atomic E-state index is 13.6. The van der Waals surface area contributed by atoms with E-state index in [1.165, 1.54) is 22.9 Å². The number of fused-ring (bicyclic) bond motifs is 1. The van der Waals surface area contributed by atoms with Gasteiger partial charge < -0.3 is 14.6 Å². The van der Waals surface area contributed by atoms with Crippen LogP contribution in [0, 0.1) is 21.9 Å². The van der Waals surface area contributed by atoms with Crippen LogP contribution in [0.3, 0.4) is 0 Å². The Bertz CT molecular complexity index is 1440. The number of aryl methyl sites for hydroxylation is 1. The molecule has 0 bridgehead atoms. The fourth-order valence-corrected chi connectivity index (χ4v) is 5.32. The van der Waals surface area contributed by atoms with Crippen LogP contribution < -0.4 is 14.8 Å². The van der Waals surface area contributed by atoms with Crippen molar-refractivity contribution in [2.24, 2.45) is 7.05 Å². The topological polar surface area (TPSA) is 120 Å². The van der Waals surface area contributed by atoms with E-state index in [1.807, 2.05) is 24.3 Å². The molecule has 0 saturated carbocycles. The molecule has 1 amide bonds. The van der Waals surface area contributed by atoms with Gasteiger partial charge in [0.05, 0.1) is 17.6 Å². The minimum Gasteiger partial charge on any atom is -0.497 e. The SMILES string of the molecule is COc1ccc(C[C@H]2C=Cc3c(cn(C)c3C(=O)Nc3ccc(F)c(C#N)c3)S(=N)(=O)N2)cc1. The Morgan fingerprint density at radius 3 is 2.74 bits per heavy atom. The zero-order chi connectivity index (χ0) is 24.5. The van der Waals surface area contributed by atoms with Gasteiger partial charge in [0.25, 0.3) is 5.91 Å². The molecular formula is C24H22FN5O3S. The zero-order valence-electron chi connectivity index (χ0n) is 18.5. The quantitative estimate of drug-likeness (QED) is 0.515. The van der Waals surface area contributed by atoms with Crippen LogP contribution in [0.5, 0.6) is 5.75 Å². The summed E-state index contributed by atoms with van der Waals surface area (Å²) in [5.41, 5.74) is 1.59. The molecule has 174 valence electrons. The van der Waals surface area contributed by atoms with Crippen LogP contribution in [-0.4, -0.2) is 27.8 Å². The van der Waals surface area contributed by atoms with E-state index in [0.29, 0.717) is 12.0 Å². The minimum absolute atomic E-state index is 0.192. The van der Waals surface area contributed by atoms with Crippen LogP contribution in [0.15, 0.2) is 59.6 Å². The van der Waals surface area contributed by atoms with Crippen LogP contribution in [0.25, 0.3) is 6.08 Å². The molecule has 0 fully saturated rings. The fraction of sp³-hybridized carbons (Fsp3) is 0.167. The number of nitriles is 1. The first-order chi connectivity index (χ1) is 16.2. The number of amides is 1. The summed E-state index contributed by atoms with van der Waals surface area (Å²) in [7, 11) is -0.211. The number of carbonyl (C=O) groups excluding carboxylic acids is 1. The highest BCUT2D eigenvalue weighted by atomic mass is 32.2. The summed E-state index contributed by atoms with van der Waals surface area (Å²) >= 11 is 0. The fourth-order valence-electron chi connectivity index (χ4n) is 3.82. The lowest BCUT2D eigenvalue weighted by Crippen LogP contribution is -2.33. The standard InChI is InChI=1S/C24H22FN5O3S/c1-30-14-22-20(23(30)24(31)28-17-6-10-21(25)16(12-17)13-26)9-5-18(29-34(22,27)32)11-15-3-7-19(33-2)8-4-15/h3-10,12,14,18H,11H2,1-2H3,(H,28,31)(H2,27,29,32)/t18-,34?/m1/s1. The van der Waals surface area contributed by atoms with E-state index in [0.717, 1.165) is 17.4 Å². The van der Waals surface area contributed by atoms with Crippen molar-refractivity contribution < 1.29 is 18.1 Å². The van der Waals surface area contributed by atoms with Crippen molar-refractivity contribution in [3.63, 3.8) is 0 Å². The second-order valence-electron chi connectivity index (χ2n) is 7.82. The molecular weight excluding hydrogens is 457 g/mol. The smallest absolute Gasteiger partial charge is 0.272 e. The molecule has 10 heteroatoms. The van der Waals surface area contributed by atoms with Crippen molar-refractivity contribution in [3.05, 3.63) is 82.9 Å². The van der Waals surface area contributed by atoms with Gasteiger partial charge in [0, 0.05) is 30.5 Å². The monoisotopic (exact) mass is 479 g/mol. The van der Waals surface area contributed by atoms with E-state index in [2.05, 4.69) is 10.0 Å². The molecule has 8 nitrogen and oxygen atoms in total. The molecule has 0 aliphatic carbocycles.